The number of hydrogen-bond acceptors (Lipinski definition) is 3. The van der Waals surface area contributed by atoms with Gasteiger partial charge >= 0.3 is 5.97 Å². The van der Waals surface area contributed by atoms with Crippen molar-refractivity contribution in [3.8, 4) is 0 Å². The highest BCUT2D eigenvalue weighted by molar-refractivity contribution is 5.77. The molecule has 0 N–H and O–H groups in total. The first kappa shape index (κ1) is 10.1. The maximum Gasteiger partial charge on any atom is 0.309 e. The molecular weight excluding hydrogens is 197 g/mol. The molecule has 0 spiro atoms. The van der Waals surface area contributed by atoms with Crippen LogP contribution in [-0.4, -0.2) is 17.6 Å². The molecule has 1 heterocycles. The van der Waals surface area contributed by atoms with E-state index in [0.717, 1.165) is 12.0 Å². The predicted molar refractivity (Wildman–Crippen MR) is 51.7 cm³/mol. The minimum absolute atomic E-state index is 0.0910. The zero-order valence-corrected chi connectivity index (χ0v) is 8.44. The van der Waals surface area contributed by atoms with Crippen LogP contribution in [0.1, 0.15) is 24.8 Å². The van der Waals surface area contributed by atoms with Gasteiger partial charge in [0.05, 0.1) is 12.5 Å². The average molecular weight is 209 g/mol. The van der Waals surface area contributed by atoms with Crippen LogP contribution >= 0.6 is 0 Å². The van der Waals surface area contributed by atoms with E-state index in [4.69, 9.17) is 4.74 Å². The van der Waals surface area contributed by atoms with Crippen LogP contribution in [0.2, 0.25) is 0 Å². The van der Waals surface area contributed by atoms with Crippen molar-refractivity contribution in [1.29, 1.82) is 0 Å². The lowest BCUT2D eigenvalue weighted by atomic mass is 10.1. The molecule has 1 aliphatic rings. The van der Waals surface area contributed by atoms with E-state index in [1.165, 1.54) is 12.3 Å². The fraction of sp³-hybridized carbons (Fsp3) is 0.455. The molecule has 4 heteroatoms. The summed E-state index contributed by atoms with van der Waals surface area (Å²) < 4.78 is 17.7. The van der Waals surface area contributed by atoms with E-state index in [2.05, 4.69) is 4.98 Å². The number of nitrogens with zero attached hydrogens (tertiary/aromatic N) is 1. The molecular formula is C11H12FNO2. The molecule has 1 saturated carbocycles. The van der Waals surface area contributed by atoms with Gasteiger partial charge in [0.1, 0.15) is 0 Å². The Labute approximate surface area is 87.3 Å². The molecule has 1 aliphatic carbocycles. The van der Waals surface area contributed by atoms with Crippen molar-refractivity contribution in [3.63, 3.8) is 0 Å². The number of carbonyl (C=O) groups is 1. The van der Waals surface area contributed by atoms with E-state index in [-0.39, 0.29) is 17.8 Å². The van der Waals surface area contributed by atoms with Crippen LogP contribution in [-0.2, 0) is 9.53 Å². The quantitative estimate of drug-likeness (QED) is 0.563. The molecule has 0 aliphatic heterocycles. The minimum atomic E-state index is -0.498. The molecule has 2 rings (SSSR count). The molecule has 1 fully saturated rings. The van der Waals surface area contributed by atoms with Crippen LogP contribution < -0.4 is 0 Å². The van der Waals surface area contributed by atoms with Crippen LogP contribution in [0.4, 0.5) is 4.39 Å². The van der Waals surface area contributed by atoms with Crippen molar-refractivity contribution in [2.24, 2.45) is 5.92 Å². The Kier molecular flexibility index (Phi) is 2.66. The Morgan fingerprint density at radius 2 is 2.53 bits per heavy atom. The Morgan fingerprint density at radius 1 is 1.73 bits per heavy atom. The third-order valence-corrected chi connectivity index (χ3v) is 2.56. The molecule has 0 radical (unpaired) electrons. The van der Waals surface area contributed by atoms with Crippen LogP contribution in [0.15, 0.2) is 18.3 Å². The van der Waals surface area contributed by atoms with E-state index in [0.29, 0.717) is 6.61 Å². The lowest BCUT2D eigenvalue weighted by molar-refractivity contribution is -0.144. The first-order valence-corrected chi connectivity index (χ1v) is 5.00. The van der Waals surface area contributed by atoms with Gasteiger partial charge in [-0.25, -0.2) is 4.98 Å². The zero-order valence-electron chi connectivity index (χ0n) is 8.44. The Bertz CT molecular complexity index is 381. The van der Waals surface area contributed by atoms with Gasteiger partial charge in [-0.05, 0) is 37.0 Å². The van der Waals surface area contributed by atoms with Crippen molar-refractivity contribution >= 4 is 5.97 Å². The highest BCUT2D eigenvalue weighted by Crippen LogP contribution is 2.48. The number of hydrogen-bond donors (Lipinski definition) is 0. The van der Waals surface area contributed by atoms with Crippen LogP contribution in [0.5, 0.6) is 0 Å². The minimum Gasteiger partial charge on any atom is -0.466 e. The third-order valence-electron chi connectivity index (χ3n) is 2.56. The van der Waals surface area contributed by atoms with Crippen LogP contribution in [0.3, 0.4) is 0 Å². The maximum absolute atomic E-state index is 12.8. The average Bonchev–Trinajstić information content (AvgIpc) is 2.97. The Hall–Kier alpha value is -1.45. The van der Waals surface area contributed by atoms with E-state index in [9.17, 15) is 9.18 Å². The largest absolute Gasteiger partial charge is 0.466 e. The molecule has 0 aromatic carbocycles. The fourth-order valence-electron chi connectivity index (χ4n) is 1.72. The first-order valence-electron chi connectivity index (χ1n) is 5.00. The smallest absolute Gasteiger partial charge is 0.309 e. The second-order valence-electron chi connectivity index (χ2n) is 3.61. The number of rotatable bonds is 3. The molecule has 1 aromatic rings. The number of esters is 1. The molecule has 0 amide bonds. The standard InChI is InChI=1S/C11H12FNO2/c1-2-15-11(14)9-6-8(9)7-3-4-13-10(12)5-7/h3-5,8-9H,2,6H2,1H3/t8-,9+/m0/s1. The predicted octanol–water partition coefficient (Wildman–Crippen LogP) is 1.89. The van der Waals surface area contributed by atoms with Gasteiger partial charge in [-0.15, -0.1) is 0 Å². The van der Waals surface area contributed by atoms with Crippen molar-refractivity contribution in [1.82, 2.24) is 4.98 Å². The summed E-state index contributed by atoms with van der Waals surface area (Å²) in [5.74, 6) is -0.657. The number of pyridine rings is 1. The molecule has 80 valence electrons. The molecule has 0 unspecified atom stereocenters. The molecule has 1 aromatic heterocycles. The lowest BCUT2D eigenvalue weighted by Gasteiger charge is -2.01. The van der Waals surface area contributed by atoms with Gasteiger partial charge in [-0.1, -0.05) is 0 Å². The van der Waals surface area contributed by atoms with Crippen molar-refractivity contribution < 1.29 is 13.9 Å². The van der Waals surface area contributed by atoms with Gasteiger partial charge in [0, 0.05) is 6.20 Å². The molecule has 0 bridgehead atoms. The zero-order chi connectivity index (χ0) is 10.8. The summed E-state index contributed by atoms with van der Waals surface area (Å²) in [4.78, 5) is 14.8. The summed E-state index contributed by atoms with van der Waals surface area (Å²) in [5.41, 5.74) is 0.834. The summed E-state index contributed by atoms with van der Waals surface area (Å²) in [6.45, 7) is 2.17. The first-order chi connectivity index (χ1) is 7.22. The normalized spacial score (nSPS) is 23.6. The molecule has 0 saturated heterocycles. The van der Waals surface area contributed by atoms with E-state index in [1.54, 1.807) is 13.0 Å². The summed E-state index contributed by atoms with van der Waals surface area (Å²) in [7, 11) is 0. The van der Waals surface area contributed by atoms with Crippen LogP contribution in [0.25, 0.3) is 0 Å². The highest BCUT2D eigenvalue weighted by atomic mass is 19.1. The maximum atomic E-state index is 12.8. The van der Waals surface area contributed by atoms with Crippen molar-refractivity contribution in [2.45, 2.75) is 19.3 Å². The van der Waals surface area contributed by atoms with Gasteiger partial charge in [0.25, 0.3) is 0 Å². The lowest BCUT2D eigenvalue weighted by Crippen LogP contribution is -2.07. The topological polar surface area (TPSA) is 39.2 Å². The van der Waals surface area contributed by atoms with Gasteiger partial charge in [-0.3, -0.25) is 4.79 Å². The Morgan fingerprint density at radius 3 is 3.20 bits per heavy atom. The number of halogens is 1. The van der Waals surface area contributed by atoms with Crippen LogP contribution in [0, 0.1) is 11.9 Å². The fourth-order valence-corrected chi connectivity index (χ4v) is 1.72. The Balaban J connectivity index is 2.01. The highest BCUT2D eigenvalue weighted by Gasteiger charge is 2.45. The molecule has 3 nitrogen and oxygen atoms in total. The molecule has 15 heavy (non-hydrogen) atoms. The monoisotopic (exact) mass is 209 g/mol. The van der Waals surface area contributed by atoms with Gasteiger partial charge in [0.2, 0.25) is 5.95 Å². The van der Waals surface area contributed by atoms with Gasteiger partial charge in [0.15, 0.2) is 0 Å². The summed E-state index contributed by atoms with van der Waals surface area (Å²) in [5, 5.41) is 0. The molecule has 2 atom stereocenters. The second kappa shape index (κ2) is 3.96. The van der Waals surface area contributed by atoms with Gasteiger partial charge < -0.3 is 4.74 Å². The number of ether oxygens (including phenoxy) is 1. The van der Waals surface area contributed by atoms with E-state index in [1.807, 2.05) is 0 Å². The van der Waals surface area contributed by atoms with E-state index < -0.39 is 5.95 Å². The van der Waals surface area contributed by atoms with Crippen molar-refractivity contribution in [3.05, 3.63) is 29.8 Å². The van der Waals surface area contributed by atoms with Gasteiger partial charge in [-0.2, -0.15) is 4.39 Å². The number of aromatic nitrogens is 1. The number of carbonyl (C=O) groups excluding carboxylic acids is 1. The third kappa shape index (κ3) is 2.14. The summed E-state index contributed by atoms with van der Waals surface area (Å²) in [6, 6.07) is 3.12. The van der Waals surface area contributed by atoms with Crippen molar-refractivity contribution in [2.75, 3.05) is 6.61 Å². The SMILES string of the molecule is CCOC(=O)[C@@H]1C[C@H]1c1ccnc(F)c1. The van der Waals surface area contributed by atoms with E-state index >= 15 is 0 Å². The summed E-state index contributed by atoms with van der Waals surface area (Å²) in [6.07, 6.45) is 2.17. The summed E-state index contributed by atoms with van der Waals surface area (Å²) >= 11 is 0. The second-order valence-corrected chi connectivity index (χ2v) is 3.61.